The molecule has 1 aliphatic rings. The Hall–Kier alpha value is -0.900. The van der Waals surface area contributed by atoms with E-state index in [4.69, 9.17) is 9.47 Å². The van der Waals surface area contributed by atoms with Gasteiger partial charge in [0.15, 0.2) is 6.29 Å². The highest BCUT2D eigenvalue weighted by molar-refractivity contribution is 5.35. The Bertz CT molecular complexity index is 397. The number of fused-ring (bicyclic) bond motifs is 1. The average Bonchev–Trinajstić information content (AvgIpc) is 2.86. The van der Waals surface area contributed by atoms with Gasteiger partial charge in [0.2, 0.25) is 0 Å². The fraction of sp³-hybridized carbons (Fsp3) is 0.625. The number of rotatable bonds is 7. The maximum atomic E-state index is 10.2. The van der Waals surface area contributed by atoms with Crippen LogP contribution in [0.15, 0.2) is 18.2 Å². The van der Waals surface area contributed by atoms with E-state index in [0.717, 1.165) is 5.56 Å². The minimum Gasteiger partial charge on any atom is -0.387 e. The summed E-state index contributed by atoms with van der Waals surface area (Å²) >= 11 is 0. The molecule has 0 bridgehead atoms. The van der Waals surface area contributed by atoms with E-state index in [1.165, 1.54) is 30.4 Å². The smallest absolute Gasteiger partial charge is 0.183 e. The van der Waals surface area contributed by atoms with Gasteiger partial charge in [0.25, 0.3) is 0 Å². The molecule has 1 aromatic carbocycles. The van der Waals surface area contributed by atoms with Crippen LogP contribution in [-0.2, 0) is 28.7 Å². The zero-order chi connectivity index (χ0) is 13.7. The van der Waals surface area contributed by atoms with Gasteiger partial charge in [-0.25, -0.2) is 0 Å². The van der Waals surface area contributed by atoms with E-state index in [1.807, 2.05) is 13.8 Å². The second kappa shape index (κ2) is 7.04. The van der Waals surface area contributed by atoms with Crippen LogP contribution in [0, 0.1) is 0 Å². The molecule has 0 saturated carbocycles. The third-order valence-electron chi connectivity index (χ3n) is 3.58. The SMILES string of the molecule is CCOC(OCC)C(O)Cc1ccc2c(c1)CCC2. The molecule has 0 aliphatic heterocycles. The van der Waals surface area contributed by atoms with E-state index < -0.39 is 12.4 Å². The van der Waals surface area contributed by atoms with Crippen molar-refractivity contribution in [3.8, 4) is 0 Å². The fourth-order valence-corrected chi connectivity index (χ4v) is 2.69. The van der Waals surface area contributed by atoms with Crippen molar-refractivity contribution < 1.29 is 14.6 Å². The first-order chi connectivity index (χ1) is 9.24. The Kier molecular flexibility index (Phi) is 5.37. The zero-order valence-corrected chi connectivity index (χ0v) is 11.9. The highest BCUT2D eigenvalue weighted by Crippen LogP contribution is 2.23. The first-order valence-corrected chi connectivity index (χ1v) is 7.26. The van der Waals surface area contributed by atoms with E-state index in [0.29, 0.717) is 19.6 Å². The summed E-state index contributed by atoms with van der Waals surface area (Å²) in [6.45, 7) is 4.92. The van der Waals surface area contributed by atoms with Gasteiger partial charge in [-0.05, 0) is 49.8 Å². The summed E-state index contributed by atoms with van der Waals surface area (Å²) in [5.41, 5.74) is 4.07. The molecule has 19 heavy (non-hydrogen) atoms. The van der Waals surface area contributed by atoms with Gasteiger partial charge < -0.3 is 14.6 Å². The van der Waals surface area contributed by atoms with Gasteiger partial charge in [-0.2, -0.15) is 0 Å². The quantitative estimate of drug-likeness (QED) is 0.769. The van der Waals surface area contributed by atoms with Gasteiger partial charge in [-0.1, -0.05) is 18.2 Å². The van der Waals surface area contributed by atoms with Crippen molar-refractivity contribution in [3.63, 3.8) is 0 Å². The lowest BCUT2D eigenvalue weighted by Crippen LogP contribution is -2.33. The number of aryl methyl sites for hydroxylation is 2. The third kappa shape index (κ3) is 3.78. The summed E-state index contributed by atoms with van der Waals surface area (Å²) < 4.78 is 10.9. The molecule has 0 heterocycles. The molecule has 0 amide bonds. The molecule has 3 nitrogen and oxygen atoms in total. The zero-order valence-electron chi connectivity index (χ0n) is 11.9. The van der Waals surface area contributed by atoms with Crippen LogP contribution in [0.4, 0.5) is 0 Å². The largest absolute Gasteiger partial charge is 0.387 e. The van der Waals surface area contributed by atoms with Gasteiger partial charge in [0, 0.05) is 19.6 Å². The number of ether oxygens (including phenoxy) is 2. The topological polar surface area (TPSA) is 38.7 Å². The van der Waals surface area contributed by atoms with Crippen molar-refractivity contribution >= 4 is 0 Å². The van der Waals surface area contributed by atoms with E-state index >= 15 is 0 Å². The minimum atomic E-state index is -0.612. The van der Waals surface area contributed by atoms with E-state index in [9.17, 15) is 5.11 Å². The Balaban J connectivity index is 1.98. The highest BCUT2D eigenvalue weighted by Gasteiger charge is 2.21. The van der Waals surface area contributed by atoms with Crippen molar-refractivity contribution in [2.45, 2.75) is 51.9 Å². The molecule has 3 heteroatoms. The number of aliphatic hydroxyl groups excluding tert-OH is 1. The van der Waals surface area contributed by atoms with Gasteiger partial charge in [-0.15, -0.1) is 0 Å². The van der Waals surface area contributed by atoms with Gasteiger partial charge >= 0.3 is 0 Å². The number of hydrogen-bond donors (Lipinski definition) is 1. The van der Waals surface area contributed by atoms with Crippen molar-refractivity contribution in [2.24, 2.45) is 0 Å². The molecular formula is C16H24O3. The average molecular weight is 264 g/mol. The second-order valence-corrected chi connectivity index (χ2v) is 5.01. The number of hydrogen-bond acceptors (Lipinski definition) is 3. The summed E-state index contributed by atoms with van der Waals surface area (Å²) in [5.74, 6) is 0. The monoisotopic (exact) mass is 264 g/mol. The third-order valence-corrected chi connectivity index (χ3v) is 3.58. The van der Waals surface area contributed by atoms with Crippen LogP contribution in [-0.4, -0.2) is 30.7 Å². The molecule has 1 aliphatic carbocycles. The summed E-state index contributed by atoms with van der Waals surface area (Å²) in [4.78, 5) is 0. The van der Waals surface area contributed by atoms with Gasteiger partial charge in [0.1, 0.15) is 6.10 Å². The van der Waals surface area contributed by atoms with Crippen LogP contribution in [0.2, 0.25) is 0 Å². The molecule has 2 rings (SSSR count). The Labute approximate surface area is 115 Å². The summed E-state index contributed by atoms with van der Waals surface area (Å²) in [6, 6.07) is 6.53. The lowest BCUT2D eigenvalue weighted by atomic mass is 10.0. The van der Waals surface area contributed by atoms with E-state index in [2.05, 4.69) is 18.2 Å². The van der Waals surface area contributed by atoms with Crippen molar-refractivity contribution in [3.05, 3.63) is 34.9 Å². The summed E-state index contributed by atoms with van der Waals surface area (Å²) in [7, 11) is 0. The molecule has 0 spiro atoms. The Morgan fingerprint density at radius 1 is 1.11 bits per heavy atom. The number of benzene rings is 1. The van der Waals surface area contributed by atoms with Crippen molar-refractivity contribution in [1.29, 1.82) is 0 Å². The Morgan fingerprint density at radius 3 is 2.47 bits per heavy atom. The highest BCUT2D eigenvalue weighted by atomic mass is 16.7. The summed E-state index contributed by atoms with van der Waals surface area (Å²) in [5, 5.41) is 10.2. The van der Waals surface area contributed by atoms with Gasteiger partial charge in [-0.3, -0.25) is 0 Å². The van der Waals surface area contributed by atoms with Gasteiger partial charge in [0.05, 0.1) is 0 Å². The maximum Gasteiger partial charge on any atom is 0.183 e. The molecule has 0 saturated heterocycles. The van der Waals surface area contributed by atoms with Crippen LogP contribution < -0.4 is 0 Å². The lowest BCUT2D eigenvalue weighted by Gasteiger charge is -2.22. The molecule has 0 aromatic heterocycles. The van der Waals surface area contributed by atoms with E-state index in [-0.39, 0.29) is 0 Å². The standard InChI is InChI=1S/C16H24O3/c1-3-18-16(19-4-2)15(17)11-12-8-9-13-6-5-7-14(13)10-12/h8-10,15-17H,3-7,11H2,1-2H3. The van der Waals surface area contributed by atoms with Crippen LogP contribution in [0.5, 0.6) is 0 Å². The molecule has 1 atom stereocenters. The van der Waals surface area contributed by atoms with Crippen LogP contribution in [0.3, 0.4) is 0 Å². The molecule has 106 valence electrons. The van der Waals surface area contributed by atoms with Crippen LogP contribution in [0.1, 0.15) is 37.0 Å². The molecule has 0 fully saturated rings. The Morgan fingerprint density at radius 2 is 1.79 bits per heavy atom. The number of aliphatic hydroxyl groups is 1. The predicted octanol–water partition coefficient (Wildman–Crippen LogP) is 2.48. The van der Waals surface area contributed by atoms with E-state index in [1.54, 1.807) is 0 Å². The molecule has 1 N–H and O–H groups in total. The molecule has 1 unspecified atom stereocenters. The minimum absolute atomic E-state index is 0.525. The fourth-order valence-electron chi connectivity index (χ4n) is 2.69. The summed E-state index contributed by atoms with van der Waals surface area (Å²) in [6.07, 6.45) is 3.06. The first kappa shape index (κ1) is 14.5. The molecule has 1 aromatic rings. The second-order valence-electron chi connectivity index (χ2n) is 5.01. The van der Waals surface area contributed by atoms with Crippen molar-refractivity contribution in [2.75, 3.05) is 13.2 Å². The molecule has 0 radical (unpaired) electrons. The van der Waals surface area contributed by atoms with Crippen molar-refractivity contribution in [1.82, 2.24) is 0 Å². The first-order valence-electron chi connectivity index (χ1n) is 7.26. The maximum absolute atomic E-state index is 10.2. The predicted molar refractivity (Wildman–Crippen MR) is 75.2 cm³/mol. The molecular weight excluding hydrogens is 240 g/mol. The lowest BCUT2D eigenvalue weighted by molar-refractivity contribution is -0.188. The normalized spacial score (nSPS) is 15.8. The van der Waals surface area contributed by atoms with Crippen LogP contribution in [0.25, 0.3) is 0 Å². The van der Waals surface area contributed by atoms with Crippen LogP contribution >= 0.6 is 0 Å².